The van der Waals surface area contributed by atoms with Crippen molar-refractivity contribution in [2.45, 2.75) is 6.18 Å². The van der Waals surface area contributed by atoms with E-state index in [0.29, 0.717) is 16.9 Å². The van der Waals surface area contributed by atoms with E-state index >= 15 is 0 Å². The summed E-state index contributed by atoms with van der Waals surface area (Å²) in [5, 5.41) is 18.6. The zero-order valence-corrected chi connectivity index (χ0v) is 14.3. The predicted octanol–water partition coefficient (Wildman–Crippen LogP) is 5.26. The van der Waals surface area contributed by atoms with E-state index in [0.717, 1.165) is 12.1 Å². The highest BCUT2D eigenvalue weighted by molar-refractivity contribution is 5.90. The summed E-state index contributed by atoms with van der Waals surface area (Å²) in [5.74, 6) is -1.06. The van der Waals surface area contributed by atoms with Crippen molar-refractivity contribution in [3.63, 3.8) is 0 Å². The van der Waals surface area contributed by atoms with E-state index in [1.165, 1.54) is 30.3 Å². The van der Waals surface area contributed by atoms with Crippen LogP contribution < -0.4 is 0 Å². The molecule has 0 fully saturated rings. The molecule has 0 amide bonds. The molecule has 0 saturated heterocycles. The highest BCUT2D eigenvalue weighted by Crippen LogP contribution is 2.30. The van der Waals surface area contributed by atoms with Gasteiger partial charge in [-0.1, -0.05) is 18.2 Å². The maximum atomic E-state index is 12.7. The Morgan fingerprint density at radius 1 is 1.04 bits per heavy atom. The third kappa shape index (κ3) is 3.96. The van der Waals surface area contributed by atoms with Crippen LogP contribution in [0, 0.1) is 11.3 Å². The minimum atomic E-state index is -4.45. The quantitative estimate of drug-likeness (QED) is 0.626. The number of hydrogen-bond acceptors (Lipinski definition) is 2. The molecule has 4 nitrogen and oxygen atoms in total. The minimum absolute atomic E-state index is 0.115. The van der Waals surface area contributed by atoms with Gasteiger partial charge in [-0.15, -0.1) is 0 Å². The van der Waals surface area contributed by atoms with Crippen molar-refractivity contribution in [2.24, 2.45) is 0 Å². The van der Waals surface area contributed by atoms with Crippen LogP contribution >= 0.6 is 0 Å². The molecule has 28 heavy (non-hydrogen) atoms. The molecule has 140 valence electrons. The summed E-state index contributed by atoms with van der Waals surface area (Å²) in [5.41, 5.74) is 1.03. The lowest BCUT2D eigenvalue weighted by atomic mass is 10.0. The third-order valence-electron chi connectivity index (χ3n) is 4.09. The number of carboxylic acid groups (broad SMARTS) is 1. The summed E-state index contributed by atoms with van der Waals surface area (Å²) in [7, 11) is 0. The SMILES string of the molecule is N#CC(=Cc1cccn1-c1cccc(C(=O)O)c1)c1ccc(C(F)(F)F)cc1. The molecule has 1 N–H and O–H groups in total. The molecule has 0 saturated carbocycles. The summed E-state index contributed by atoms with van der Waals surface area (Å²) in [6, 6.07) is 16.1. The molecule has 7 heteroatoms. The first-order valence-corrected chi connectivity index (χ1v) is 8.10. The number of alkyl halides is 3. The van der Waals surface area contributed by atoms with E-state index in [2.05, 4.69) is 0 Å². The van der Waals surface area contributed by atoms with Gasteiger partial charge in [0, 0.05) is 17.6 Å². The molecular weight excluding hydrogens is 369 g/mol. The van der Waals surface area contributed by atoms with Crippen LogP contribution in [0.5, 0.6) is 0 Å². The topological polar surface area (TPSA) is 66.0 Å². The first-order chi connectivity index (χ1) is 13.3. The second-order valence-electron chi connectivity index (χ2n) is 5.90. The number of allylic oxidation sites excluding steroid dienone is 1. The fraction of sp³-hybridized carbons (Fsp3) is 0.0476. The molecule has 0 spiro atoms. The molecule has 1 heterocycles. The van der Waals surface area contributed by atoms with Gasteiger partial charge in [0.2, 0.25) is 0 Å². The van der Waals surface area contributed by atoms with Crippen LogP contribution in [0.3, 0.4) is 0 Å². The highest BCUT2D eigenvalue weighted by Gasteiger charge is 2.30. The van der Waals surface area contributed by atoms with Crippen molar-refractivity contribution in [2.75, 3.05) is 0 Å². The van der Waals surface area contributed by atoms with Gasteiger partial charge >= 0.3 is 12.1 Å². The first-order valence-electron chi connectivity index (χ1n) is 8.10. The molecule has 0 aliphatic heterocycles. The lowest BCUT2D eigenvalue weighted by Gasteiger charge is -2.09. The zero-order chi connectivity index (χ0) is 20.3. The monoisotopic (exact) mass is 382 g/mol. The molecule has 0 radical (unpaired) electrons. The number of nitrogens with zero attached hydrogens (tertiary/aromatic N) is 2. The summed E-state index contributed by atoms with van der Waals surface area (Å²) in [4.78, 5) is 11.2. The number of halogens is 3. The van der Waals surface area contributed by atoms with Crippen LogP contribution in [0.4, 0.5) is 13.2 Å². The van der Waals surface area contributed by atoms with Crippen molar-refractivity contribution in [3.05, 3.63) is 89.2 Å². The van der Waals surface area contributed by atoms with E-state index in [-0.39, 0.29) is 11.1 Å². The number of aromatic nitrogens is 1. The Morgan fingerprint density at radius 3 is 2.36 bits per heavy atom. The van der Waals surface area contributed by atoms with Gasteiger partial charge in [0.15, 0.2) is 0 Å². The maximum absolute atomic E-state index is 12.7. The predicted molar refractivity (Wildman–Crippen MR) is 97.7 cm³/mol. The van der Waals surface area contributed by atoms with Gasteiger partial charge in [0.25, 0.3) is 0 Å². The van der Waals surface area contributed by atoms with E-state index < -0.39 is 17.7 Å². The highest BCUT2D eigenvalue weighted by atomic mass is 19.4. The molecule has 0 aliphatic rings. The normalized spacial score (nSPS) is 11.9. The molecule has 0 bridgehead atoms. The average Bonchev–Trinajstić information content (AvgIpc) is 3.14. The van der Waals surface area contributed by atoms with Crippen LogP contribution in [0.1, 0.15) is 27.2 Å². The molecular formula is C21H13F3N2O2. The van der Waals surface area contributed by atoms with E-state index in [1.807, 2.05) is 6.07 Å². The van der Waals surface area contributed by atoms with Crippen molar-refractivity contribution >= 4 is 17.6 Å². The molecule has 0 aliphatic carbocycles. The van der Waals surface area contributed by atoms with Gasteiger partial charge in [-0.3, -0.25) is 0 Å². The fourth-order valence-corrected chi connectivity index (χ4v) is 2.70. The van der Waals surface area contributed by atoms with Crippen molar-refractivity contribution in [3.8, 4) is 11.8 Å². The van der Waals surface area contributed by atoms with Gasteiger partial charge in [0.1, 0.15) is 0 Å². The van der Waals surface area contributed by atoms with E-state index in [4.69, 9.17) is 5.11 Å². The van der Waals surface area contributed by atoms with Gasteiger partial charge in [-0.25, -0.2) is 4.79 Å². The Labute approximate surface area is 158 Å². The summed E-state index contributed by atoms with van der Waals surface area (Å²) in [6.07, 6.45) is -1.20. The number of hydrogen-bond donors (Lipinski definition) is 1. The Hall–Kier alpha value is -3.79. The standard InChI is InChI=1S/C21H13F3N2O2/c22-21(23,24)17-8-6-14(7-9-17)16(13-25)12-19-5-2-10-26(19)18-4-1-3-15(11-18)20(27)28/h1-12H,(H,27,28). The first kappa shape index (κ1) is 19.0. The van der Waals surface area contributed by atoms with Crippen LogP contribution in [0.15, 0.2) is 66.9 Å². The van der Waals surface area contributed by atoms with E-state index in [1.54, 1.807) is 35.0 Å². The van der Waals surface area contributed by atoms with Crippen LogP contribution in [0.2, 0.25) is 0 Å². The Kier molecular flexibility index (Phi) is 5.05. The van der Waals surface area contributed by atoms with Crippen molar-refractivity contribution in [1.82, 2.24) is 4.57 Å². The average molecular weight is 382 g/mol. The molecule has 0 atom stereocenters. The molecule has 1 aromatic heterocycles. The second kappa shape index (κ2) is 7.45. The van der Waals surface area contributed by atoms with E-state index in [9.17, 15) is 23.2 Å². The lowest BCUT2D eigenvalue weighted by molar-refractivity contribution is -0.137. The molecule has 3 rings (SSSR count). The lowest BCUT2D eigenvalue weighted by Crippen LogP contribution is -2.04. The Balaban J connectivity index is 2.00. The van der Waals surface area contributed by atoms with Gasteiger partial charge < -0.3 is 9.67 Å². The number of benzene rings is 2. The van der Waals surface area contributed by atoms with Crippen molar-refractivity contribution < 1.29 is 23.1 Å². The smallest absolute Gasteiger partial charge is 0.416 e. The minimum Gasteiger partial charge on any atom is -0.478 e. The molecule has 3 aromatic rings. The Bertz CT molecular complexity index is 1090. The van der Waals surface area contributed by atoms with Gasteiger partial charge in [-0.05, 0) is 54.1 Å². The van der Waals surface area contributed by atoms with Crippen LogP contribution in [-0.2, 0) is 6.18 Å². The second-order valence-corrected chi connectivity index (χ2v) is 5.90. The summed E-state index contributed by atoms with van der Waals surface area (Å²) >= 11 is 0. The number of carbonyl (C=O) groups is 1. The Morgan fingerprint density at radius 2 is 1.75 bits per heavy atom. The molecule has 0 unspecified atom stereocenters. The number of nitriles is 1. The largest absolute Gasteiger partial charge is 0.478 e. The van der Waals surface area contributed by atoms with Crippen LogP contribution in [-0.4, -0.2) is 15.6 Å². The zero-order valence-electron chi connectivity index (χ0n) is 14.3. The van der Waals surface area contributed by atoms with Gasteiger partial charge in [-0.2, -0.15) is 18.4 Å². The van der Waals surface area contributed by atoms with Crippen molar-refractivity contribution in [1.29, 1.82) is 5.26 Å². The molecule has 2 aromatic carbocycles. The fourth-order valence-electron chi connectivity index (χ4n) is 2.70. The number of carboxylic acids is 1. The number of aromatic carboxylic acids is 1. The summed E-state index contributed by atoms with van der Waals surface area (Å²) in [6.45, 7) is 0. The maximum Gasteiger partial charge on any atom is 0.416 e. The third-order valence-corrected chi connectivity index (χ3v) is 4.09. The summed E-state index contributed by atoms with van der Waals surface area (Å²) < 4.78 is 39.8. The number of rotatable bonds is 4. The van der Waals surface area contributed by atoms with Crippen LogP contribution in [0.25, 0.3) is 17.3 Å². The van der Waals surface area contributed by atoms with Gasteiger partial charge in [0.05, 0.1) is 22.8 Å².